The molecule has 0 fully saturated rings. The molecule has 5 heteroatoms. The number of pyridine rings is 1. The zero-order valence-electron chi connectivity index (χ0n) is 9.84. The van der Waals surface area contributed by atoms with Gasteiger partial charge in [0.1, 0.15) is 5.65 Å². The third-order valence-electron chi connectivity index (χ3n) is 2.80. The number of carboxylic acid groups (broad SMARTS) is 1. The van der Waals surface area contributed by atoms with Crippen LogP contribution in [0.25, 0.3) is 5.65 Å². The standard InChI is InChI=1S/C12H15N3O2/c1-7-3-4-15-8(2)12(14-10(15)5-7)9(13)6-11(16)17/h3-5,9H,6,13H2,1-2H3,(H,16,17). The van der Waals surface area contributed by atoms with Crippen molar-refractivity contribution < 1.29 is 9.90 Å². The summed E-state index contributed by atoms with van der Waals surface area (Å²) in [6.07, 6.45) is 1.81. The average molecular weight is 233 g/mol. The number of carboxylic acids is 1. The van der Waals surface area contributed by atoms with E-state index in [0.29, 0.717) is 5.69 Å². The van der Waals surface area contributed by atoms with E-state index in [1.54, 1.807) is 0 Å². The van der Waals surface area contributed by atoms with Crippen LogP contribution in [0.3, 0.4) is 0 Å². The van der Waals surface area contributed by atoms with Gasteiger partial charge in [0.15, 0.2) is 0 Å². The first-order valence-electron chi connectivity index (χ1n) is 5.41. The minimum absolute atomic E-state index is 0.107. The van der Waals surface area contributed by atoms with Gasteiger partial charge in [-0.1, -0.05) is 0 Å². The number of fused-ring (bicyclic) bond motifs is 1. The van der Waals surface area contributed by atoms with Gasteiger partial charge in [0.05, 0.1) is 18.2 Å². The van der Waals surface area contributed by atoms with Crippen LogP contribution >= 0.6 is 0 Å². The van der Waals surface area contributed by atoms with Gasteiger partial charge >= 0.3 is 5.97 Å². The number of hydrogen-bond acceptors (Lipinski definition) is 3. The molecule has 0 spiro atoms. The molecule has 2 heterocycles. The Hall–Kier alpha value is -1.88. The molecule has 17 heavy (non-hydrogen) atoms. The van der Waals surface area contributed by atoms with Crippen molar-refractivity contribution in [2.24, 2.45) is 5.73 Å². The van der Waals surface area contributed by atoms with Gasteiger partial charge in [0.2, 0.25) is 0 Å². The maximum absolute atomic E-state index is 10.6. The summed E-state index contributed by atoms with van der Waals surface area (Å²) >= 11 is 0. The number of carbonyl (C=O) groups is 1. The monoisotopic (exact) mass is 233 g/mol. The summed E-state index contributed by atoms with van der Waals surface area (Å²) in [6.45, 7) is 3.88. The highest BCUT2D eigenvalue weighted by Gasteiger charge is 2.17. The number of aryl methyl sites for hydroxylation is 2. The maximum atomic E-state index is 10.6. The van der Waals surface area contributed by atoms with E-state index in [2.05, 4.69) is 4.98 Å². The Morgan fingerprint density at radius 2 is 2.29 bits per heavy atom. The van der Waals surface area contributed by atoms with Gasteiger partial charge in [0, 0.05) is 11.9 Å². The molecular weight excluding hydrogens is 218 g/mol. The van der Waals surface area contributed by atoms with E-state index in [-0.39, 0.29) is 6.42 Å². The zero-order chi connectivity index (χ0) is 12.6. The highest BCUT2D eigenvalue weighted by atomic mass is 16.4. The lowest BCUT2D eigenvalue weighted by Crippen LogP contribution is -2.16. The molecule has 0 radical (unpaired) electrons. The van der Waals surface area contributed by atoms with Crippen molar-refractivity contribution in [1.82, 2.24) is 9.38 Å². The fourth-order valence-corrected chi connectivity index (χ4v) is 1.92. The number of nitrogens with two attached hydrogens (primary N) is 1. The summed E-state index contributed by atoms with van der Waals surface area (Å²) in [5.74, 6) is -0.912. The largest absolute Gasteiger partial charge is 0.481 e. The van der Waals surface area contributed by atoms with Crippen LogP contribution in [0.1, 0.15) is 29.4 Å². The summed E-state index contributed by atoms with van der Waals surface area (Å²) in [6, 6.07) is 3.37. The first kappa shape index (κ1) is 11.6. The van der Waals surface area contributed by atoms with Crippen LogP contribution in [0.5, 0.6) is 0 Å². The second-order valence-corrected chi connectivity index (χ2v) is 4.22. The molecule has 2 aromatic heterocycles. The maximum Gasteiger partial charge on any atom is 0.305 e. The SMILES string of the molecule is Cc1ccn2c(C)c(C(N)CC(=O)O)nc2c1. The molecule has 1 unspecified atom stereocenters. The lowest BCUT2D eigenvalue weighted by atomic mass is 10.1. The molecule has 0 aliphatic carbocycles. The lowest BCUT2D eigenvalue weighted by molar-refractivity contribution is -0.137. The average Bonchev–Trinajstić information content (AvgIpc) is 2.54. The van der Waals surface area contributed by atoms with Crippen molar-refractivity contribution in [2.45, 2.75) is 26.3 Å². The summed E-state index contributed by atoms with van der Waals surface area (Å²) in [5, 5.41) is 8.74. The van der Waals surface area contributed by atoms with Gasteiger partial charge < -0.3 is 15.2 Å². The van der Waals surface area contributed by atoms with Crippen LogP contribution in [0, 0.1) is 13.8 Å². The van der Waals surface area contributed by atoms with Crippen LogP contribution in [0.2, 0.25) is 0 Å². The quantitative estimate of drug-likeness (QED) is 0.840. The molecule has 2 aromatic rings. The van der Waals surface area contributed by atoms with Gasteiger partial charge in [-0.05, 0) is 31.5 Å². The Bertz CT molecular complexity index is 574. The first-order valence-corrected chi connectivity index (χ1v) is 5.41. The molecule has 90 valence electrons. The summed E-state index contributed by atoms with van der Waals surface area (Å²) in [5.41, 5.74) is 9.31. The van der Waals surface area contributed by atoms with Gasteiger partial charge in [-0.2, -0.15) is 0 Å². The predicted octanol–water partition coefficient (Wildman–Crippen LogP) is 1.43. The second-order valence-electron chi connectivity index (χ2n) is 4.22. The third-order valence-corrected chi connectivity index (χ3v) is 2.80. The zero-order valence-corrected chi connectivity index (χ0v) is 9.84. The van der Waals surface area contributed by atoms with E-state index >= 15 is 0 Å². The summed E-state index contributed by atoms with van der Waals surface area (Å²) < 4.78 is 1.92. The molecule has 1 atom stereocenters. The minimum atomic E-state index is -0.912. The van der Waals surface area contributed by atoms with E-state index in [1.807, 2.05) is 36.6 Å². The predicted molar refractivity (Wildman–Crippen MR) is 63.8 cm³/mol. The minimum Gasteiger partial charge on any atom is -0.481 e. The molecule has 5 nitrogen and oxygen atoms in total. The van der Waals surface area contributed by atoms with Crippen LogP contribution in [0.4, 0.5) is 0 Å². The smallest absolute Gasteiger partial charge is 0.305 e. The molecule has 3 N–H and O–H groups in total. The molecule has 0 aliphatic heterocycles. The first-order chi connectivity index (χ1) is 7.99. The van der Waals surface area contributed by atoms with Crippen molar-refractivity contribution in [3.63, 3.8) is 0 Å². The van der Waals surface area contributed by atoms with Gasteiger partial charge in [-0.15, -0.1) is 0 Å². The number of aromatic nitrogens is 2. The Kier molecular flexibility index (Phi) is 2.85. The third kappa shape index (κ3) is 2.14. The fourth-order valence-electron chi connectivity index (χ4n) is 1.92. The highest BCUT2D eigenvalue weighted by Crippen LogP contribution is 2.20. The number of nitrogens with zero attached hydrogens (tertiary/aromatic N) is 2. The molecule has 0 amide bonds. The lowest BCUT2D eigenvalue weighted by Gasteiger charge is -2.06. The van der Waals surface area contributed by atoms with Crippen LogP contribution < -0.4 is 5.73 Å². The van der Waals surface area contributed by atoms with E-state index in [1.165, 1.54) is 0 Å². The van der Waals surface area contributed by atoms with Crippen molar-refractivity contribution in [1.29, 1.82) is 0 Å². The molecule has 0 aromatic carbocycles. The Morgan fingerprint density at radius 3 is 2.94 bits per heavy atom. The van der Waals surface area contributed by atoms with Crippen LogP contribution in [-0.4, -0.2) is 20.5 Å². The van der Waals surface area contributed by atoms with Crippen molar-refractivity contribution in [2.75, 3.05) is 0 Å². The molecule has 0 bridgehead atoms. The molecule has 0 aliphatic rings. The van der Waals surface area contributed by atoms with Crippen LogP contribution in [0.15, 0.2) is 18.3 Å². The van der Waals surface area contributed by atoms with E-state index < -0.39 is 12.0 Å². The molecule has 0 saturated heterocycles. The van der Waals surface area contributed by atoms with Gasteiger partial charge in [0.25, 0.3) is 0 Å². The molecule has 0 saturated carbocycles. The Balaban J connectivity index is 2.48. The van der Waals surface area contributed by atoms with Crippen molar-refractivity contribution in [3.05, 3.63) is 35.3 Å². The number of hydrogen-bond donors (Lipinski definition) is 2. The summed E-state index contributed by atoms with van der Waals surface area (Å²) in [7, 11) is 0. The van der Waals surface area contributed by atoms with Crippen molar-refractivity contribution in [3.8, 4) is 0 Å². The number of imidazole rings is 1. The Labute approximate surface area is 98.9 Å². The van der Waals surface area contributed by atoms with Gasteiger partial charge in [-0.3, -0.25) is 4.79 Å². The normalized spacial score (nSPS) is 12.9. The number of aliphatic carboxylic acids is 1. The second kappa shape index (κ2) is 4.18. The van der Waals surface area contributed by atoms with E-state index in [4.69, 9.17) is 10.8 Å². The Morgan fingerprint density at radius 1 is 1.59 bits per heavy atom. The van der Waals surface area contributed by atoms with E-state index in [0.717, 1.165) is 16.9 Å². The fraction of sp³-hybridized carbons (Fsp3) is 0.333. The van der Waals surface area contributed by atoms with Crippen LogP contribution in [-0.2, 0) is 4.79 Å². The van der Waals surface area contributed by atoms with Crippen molar-refractivity contribution >= 4 is 11.6 Å². The summed E-state index contributed by atoms with van der Waals surface area (Å²) in [4.78, 5) is 15.0. The topological polar surface area (TPSA) is 80.6 Å². The highest BCUT2D eigenvalue weighted by molar-refractivity contribution is 5.68. The molecular formula is C12H15N3O2. The van der Waals surface area contributed by atoms with E-state index in [9.17, 15) is 4.79 Å². The number of rotatable bonds is 3. The van der Waals surface area contributed by atoms with Gasteiger partial charge in [-0.25, -0.2) is 4.98 Å². The molecule has 2 rings (SSSR count).